The van der Waals surface area contributed by atoms with E-state index in [4.69, 9.17) is 4.74 Å². The van der Waals surface area contributed by atoms with Crippen LogP contribution in [0.3, 0.4) is 0 Å². The van der Waals surface area contributed by atoms with Gasteiger partial charge in [-0.15, -0.1) is 0 Å². The van der Waals surface area contributed by atoms with E-state index in [1.165, 1.54) is 4.90 Å². The number of likely N-dealkylation sites (N-methyl/N-ethyl adjacent to an activating group) is 1. The molecule has 0 radical (unpaired) electrons. The number of rotatable bonds is 7. The van der Waals surface area contributed by atoms with Crippen LogP contribution in [-0.2, 0) is 14.3 Å². The average molecular weight is 440 g/mol. The minimum atomic E-state index is -0.743. The van der Waals surface area contributed by atoms with Gasteiger partial charge >= 0.3 is 5.97 Å². The number of H-pyrrole nitrogens is 1. The summed E-state index contributed by atoms with van der Waals surface area (Å²) < 4.78 is 5.08. The zero-order valence-electron chi connectivity index (χ0n) is 19.1. The summed E-state index contributed by atoms with van der Waals surface area (Å²) in [6.07, 6.45) is 0. The first-order valence-electron chi connectivity index (χ1n) is 10.5. The first-order chi connectivity index (χ1) is 15.2. The fourth-order valence-electron chi connectivity index (χ4n) is 4.05. The second-order valence-corrected chi connectivity index (χ2v) is 8.05. The molecule has 1 aliphatic rings. The molecule has 32 heavy (non-hydrogen) atoms. The van der Waals surface area contributed by atoms with Crippen molar-refractivity contribution in [2.45, 2.75) is 26.8 Å². The molecule has 3 rings (SSSR count). The van der Waals surface area contributed by atoms with Crippen LogP contribution in [-0.4, -0.2) is 71.3 Å². The molecule has 1 aliphatic heterocycles. The lowest BCUT2D eigenvalue weighted by atomic mass is 9.94. The van der Waals surface area contributed by atoms with Crippen molar-refractivity contribution in [2.24, 2.45) is 0 Å². The van der Waals surface area contributed by atoms with E-state index < -0.39 is 23.7 Å². The summed E-state index contributed by atoms with van der Waals surface area (Å²) in [6, 6.07) is 8.43. The zero-order chi connectivity index (χ0) is 23.6. The lowest BCUT2D eigenvalue weighted by molar-refractivity contribution is -0.140. The number of aromatic nitrogens is 1. The predicted octanol–water partition coefficient (Wildman–Crippen LogP) is 2.79. The van der Waals surface area contributed by atoms with Crippen molar-refractivity contribution >= 4 is 23.4 Å². The molecule has 1 saturated heterocycles. The molecule has 0 saturated carbocycles. The fraction of sp³-hybridized carbons (Fsp3) is 0.375. The number of ketones is 1. The summed E-state index contributed by atoms with van der Waals surface area (Å²) in [5, 5.41) is 11.3. The van der Waals surface area contributed by atoms with Crippen LogP contribution in [0.15, 0.2) is 35.9 Å². The third-order valence-corrected chi connectivity index (χ3v) is 5.60. The van der Waals surface area contributed by atoms with Gasteiger partial charge in [0.05, 0.1) is 18.2 Å². The highest BCUT2D eigenvalue weighted by Gasteiger charge is 2.46. The number of aryl methyl sites for hydroxylation is 1. The van der Waals surface area contributed by atoms with Gasteiger partial charge in [0.2, 0.25) is 0 Å². The van der Waals surface area contributed by atoms with E-state index in [1.54, 1.807) is 20.8 Å². The number of esters is 1. The molecule has 2 aromatic rings. The van der Waals surface area contributed by atoms with Crippen LogP contribution in [0.25, 0.3) is 5.76 Å². The number of Topliss-reactive ketones (excluding diaryl/α,β-unsaturated/α-hetero) is 1. The van der Waals surface area contributed by atoms with Crippen molar-refractivity contribution in [1.82, 2.24) is 14.8 Å². The van der Waals surface area contributed by atoms with Crippen molar-refractivity contribution in [3.05, 3.63) is 64.0 Å². The van der Waals surface area contributed by atoms with E-state index in [0.717, 1.165) is 5.56 Å². The van der Waals surface area contributed by atoms with Crippen molar-refractivity contribution in [3.63, 3.8) is 0 Å². The molecule has 0 unspecified atom stereocenters. The summed E-state index contributed by atoms with van der Waals surface area (Å²) in [6.45, 7) is 6.18. The first-order valence-corrected chi connectivity index (χ1v) is 10.5. The second-order valence-electron chi connectivity index (χ2n) is 8.05. The monoisotopic (exact) mass is 439 g/mol. The third kappa shape index (κ3) is 4.18. The van der Waals surface area contributed by atoms with E-state index in [9.17, 15) is 19.5 Å². The molecule has 8 nitrogen and oxygen atoms in total. The standard InChI is InChI=1S/C24H29N3O5/c1-6-32-24(31)19-14(2)17(15(3)25-19)21(28)18-20(16-10-8-7-9-11-16)27(13-12-26(4)5)23(30)22(18)29/h7-11,20,25,28H,6,12-13H2,1-5H3/t20-/m1/s1. The number of carbonyl (C=O) groups excluding carboxylic acids is 3. The Labute approximate surface area is 187 Å². The summed E-state index contributed by atoms with van der Waals surface area (Å²) in [5.74, 6) is -2.24. The SMILES string of the molecule is CCOC(=O)c1[nH]c(C)c(C(O)=C2C(=O)C(=O)N(CCN(C)C)[C@@H]2c2ccccc2)c1C. The lowest BCUT2D eigenvalue weighted by Gasteiger charge is -2.26. The summed E-state index contributed by atoms with van der Waals surface area (Å²) in [4.78, 5) is 44.7. The van der Waals surface area contributed by atoms with Gasteiger partial charge in [0.15, 0.2) is 0 Å². The number of ether oxygens (including phenoxy) is 1. The Morgan fingerprint density at radius 2 is 1.84 bits per heavy atom. The fourth-order valence-corrected chi connectivity index (χ4v) is 4.05. The van der Waals surface area contributed by atoms with Crippen molar-refractivity contribution in [2.75, 3.05) is 33.8 Å². The molecule has 1 aromatic heterocycles. The highest BCUT2D eigenvalue weighted by Crippen LogP contribution is 2.40. The Morgan fingerprint density at radius 3 is 2.44 bits per heavy atom. The molecule has 2 N–H and O–H groups in total. The normalized spacial score (nSPS) is 17.9. The number of hydrogen-bond acceptors (Lipinski definition) is 6. The number of amides is 1. The quantitative estimate of drug-likeness (QED) is 0.298. The predicted molar refractivity (Wildman–Crippen MR) is 120 cm³/mol. The van der Waals surface area contributed by atoms with Crippen LogP contribution in [0.4, 0.5) is 0 Å². The number of benzene rings is 1. The van der Waals surface area contributed by atoms with Crippen LogP contribution >= 0.6 is 0 Å². The molecular formula is C24H29N3O5. The van der Waals surface area contributed by atoms with E-state index in [2.05, 4.69) is 4.98 Å². The third-order valence-electron chi connectivity index (χ3n) is 5.60. The van der Waals surface area contributed by atoms with Crippen LogP contribution in [0.5, 0.6) is 0 Å². The van der Waals surface area contributed by atoms with Gasteiger partial charge in [0, 0.05) is 24.3 Å². The molecule has 1 amide bonds. The van der Waals surface area contributed by atoms with Gasteiger partial charge in [0.1, 0.15) is 11.5 Å². The smallest absolute Gasteiger partial charge is 0.355 e. The Kier molecular flexibility index (Phi) is 6.84. The maximum Gasteiger partial charge on any atom is 0.355 e. The van der Waals surface area contributed by atoms with Crippen molar-refractivity contribution in [3.8, 4) is 0 Å². The second kappa shape index (κ2) is 9.40. The van der Waals surface area contributed by atoms with E-state index >= 15 is 0 Å². The van der Waals surface area contributed by atoms with Gasteiger partial charge in [-0.1, -0.05) is 30.3 Å². The van der Waals surface area contributed by atoms with Gasteiger partial charge < -0.3 is 24.6 Å². The van der Waals surface area contributed by atoms with Crippen LogP contribution < -0.4 is 0 Å². The molecule has 1 atom stereocenters. The number of aliphatic hydroxyl groups is 1. The highest BCUT2D eigenvalue weighted by molar-refractivity contribution is 6.46. The first kappa shape index (κ1) is 23.3. The van der Waals surface area contributed by atoms with E-state index in [1.807, 2.05) is 49.3 Å². The number of aromatic amines is 1. The van der Waals surface area contributed by atoms with E-state index in [-0.39, 0.29) is 23.6 Å². The lowest BCUT2D eigenvalue weighted by Crippen LogP contribution is -2.35. The minimum absolute atomic E-state index is 0.0144. The number of nitrogens with zero attached hydrogens (tertiary/aromatic N) is 2. The Hall–Kier alpha value is -3.39. The Morgan fingerprint density at radius 1 is 1.19 bits per heavy atom. The summed E-state index contributed by atoms with van der Waals surface area (Å²) >= 11 is 0. The largest absolute Gasteiger partial charge is 0.507 e. The molecule has 0 bridgehead atoms. The number of nitrogens with one attached hydrogen (secondary N) is 1. The molecule has 2 heterocycles. The Balaban J connectivity index is 2.18. The molecule has 0 aliphatic carbocycles. The van der Waals surface area contributed by atoms with Gasteiger partial charge in [-0.05, 0) is 46.0 Å². The number of carbonyl (C=O) groups is 3. The van der Waals surface area contributed by atoms with Gasteiger partial charge in [-0.25, -0.2) is 4.79 Å². The molecule has 1 fully saturated rings. The van der Waals surface area contributed by atoms with Gasteiger partial charge in [-0.2, -0.15) is 0 Å². The highest BCUT2D eigenvalue weighted by atomic mass is 16.5. The Bertz CT molecular complexity index is 1070. The maximum atomic E-state index is 13.1. The van der Waals surface area contributed by atoms with Crippen LogP contribution in [0.2, 0.25) is 0 Å². The number of aliphatic hydroxyl groups excluding tert-OH is 1. The van der Waals surface area contributed by atoms with Gasteiger partial charge in [-0.3, -0.25) is 9.59 Å². The minimum Gasteiger partial charge on any atom is -0.507 e. The molecule has 8 heteroatoms. The average Bonchev–Trinajstić information content (AvgIpc) is 3.19. The summed E-state index contributed by atoms with van der Waals surface area (Å²) in [5.41, 5.74) is 2.26. The topological polar surface area (TPSA) is 103 Å². The maximum absolute atomic E-state index is 13.1. The number of hydrogen-bond donors (Lipinski definition) is 2. The zero-order valence-corrected chi connectivity index (χ0v) is 19.1. The van der Waals surface area contributed by atoms with Crippen LogP contribution in [0.1, 0.15) is 45.8 Å². The van der Waals surface area contributed by atoms with Gasteiger partial charge in [0.25, 0.3) is 11.7 Å². The number of likely N-dealkylation sites (tertiary alicyclic amines) is 1. The molecular weight excluding hydrogens is 410 g/mol. The van der Waals surface area contributed by atoms with Crippen molar-refractivity contribution in [1.29, 1.82) is 0 Å². The van der Waals surface area contributed by atoms with Crippen molar-refractivity contribution < 1.29 is 24.2 Å². The molecule has 0 spiro atoms. The molecule has 170 valence electrons. The van der Waals surface area contributed by atoms with E-state index in [0.29, 0.717) is 29.9 Å². The van der Waals surface area contributed by atoms with Crippen LogP contribution in [0, 0.1) is 13.8 Å². The summed E-state index contributed by atoms with van der Waals surface area (Å²) in [7, 11) is 3.77. The molecule has 1 aromatic carbocycles.